The lowest BCUT2D eigenvalue weighted by atomic mass is 9.76. The standard InChI is InChI=1S/C17H26O3/c1-10-11(15(19)20-8)9-12(16(2,3)4)14(18)13(10)17(5,6)7/h9,18H,1-8H3. The first-order chi connectivity index (χ1) is 8.91. The number of carbonyl (C=O) groups is 1. The van der Waals surface area contributed by atoms with Crippen LogP contribution in [0.3, 0.4) is 0 Å². The van der Waals surface area contributed by atoms with Crippen molar-refractivity contribution in [2.24, 2.45) is 0 Å². The third-order valence-corrected chi connectivity index (χ3v) is 3.52. The summed E-state index contributed by atoms with van der Waals surface area (Å²) in [7, 11) is 1.38. The number of phenols is 1. The molecule has 0 aromatic heterocycles. The van der Waals surface area contributed by atoms with Gasteiger partial charge in [-0.15, -0.1) is 0 Å². The molecule has 0 saturated heterocycles. The molecule has 0 amide bonds. The molecule has 1 aromatic carbocycles. The molecule has 112 valence electrons. The Morgan fingerprint density at radius 3 is 1.95 bits per heavy atom. The second kappa shape index (κ2) is 5.12. The zero-order valence-corrected chi connectivity index (χ0v) is 13.8. The minimum atomic E-state index is -0.363. The Kier molecular flexibility index (Phi) is 4.23. The van der Waals surface area contributed by atoms with Crippen molar-refractivity contribution in [3.05, 3.63) is 28.3 Å². The van der Waals surface area contributed by atoms with Gasteiger partial charge in [-0.1, -0.05) is 41.5 Å². The fourth-order valence-corrected chi connectivity index (χ4v) is 2.58. The molecule has 0 aliphatic carbocycles. The van der Waals surface area contributed by atoms with E-state index < -0.39 is 0 Å². The predicted molar refractivity (Wildman–Crippen MR) is 81.6 cm³/mol. The van der Waals surface area contributed by atoms with Crippen molar-refractivity contribution in [3.8, 4) is 5.75 Å². The summed E-state index contributed by atoms with van der Waals surface area (Å²) in [6, 6.07) is 1.76. The zero-order chi connectivity index (χ0) is 15.9. The molecule has 3 nitrogen and oxygen atoms in total. The van der Waals surface area contributed by atoms with Crippen molar-refractivity contribution >= 4 is 5.97 Å². The number of hydrogen-bond acceptors (Lipinski definition) is 3. The van der Waals surface area contributed by atoms with Gasteiger partial charge in [0, 0.05) is 11.1 Å². The summed E-state index contributed by atoms with van der Waals surface area (Å²) in [6.45, 7) is 14.0. The zero-order valence-electron chi connectivity index (χ0n) is 13.8. The predicted octanol–water partition coefficient (Wildman–Crippen LogP) is 4.08. The van der Waals surface area contributed by atoms with Crippen LogP contribution in [0.15, 0.2) is 6.07 Å². The fraction of sp³-hybridized carbons (Fsp3) is 0.588. The highest BCUT2D eigenvalue weighted by atomic mass is 16.5. The minimum absolute atomic E-state index is 0.249. The van der Waals surface area contributed by atoms with Gasteiger partial charge in [0.2, 0.25) is 0 Å². The molecule has 1 rings (SSSR count). The minimum Gasteiger partial charge on any atom is -0.507 e. The normalized spacial score (nSPS) is 12.4. The second-order valence-corrected chi connectivity index (χ2v) is 7.31. The Bertz CT molecular complexity index is 529. The molecule has 20 heavy (non-hydrogen) atoms. The molecule has 0 heterocycles. The lowest BCUT2D eigenvalue weighted by molar-refractivity contribution is 0.0599. The maximum Gasteiger partial charge on any atom is 0.338 e. The molecule has 0 aliphatic heterocycles. The van der Waals surface area contributed by atoms with Gasteiger partial charge in [-0.3, -0.25) is 0 Å². The van der Waals surface area contributed by atoms with E-state index in [1.54, 1.807) is 6.07 Å². The molecular formula is C17H26O3. The highest BCUT2D eigenvalue weighted by molar-refractivity contribution is 5.92. The van der Waals surface area contributed by atoms with Crippen LogP contribution in [0.5, 0.6) is 5.75 Å². The van der Waals surface area contributed by atoms with Crippen molar-refractivity contribution in [2.45, 2.75) is 59.3 Å². The Labute approximate surface area is 122 Å². The van der Waals surface area contributed by atoms with E-state index in [4.69, 9.17) is 4.74 Å². The van der Waals surface area contributed by atoms with E-state index in [1.807, 2.05) is 48.5 Å². The number of aromatic hydroxyl groups is 1. The summed E-state index contributed by atoms with van der Waals surface area (Å²) in [5.74, 6) is -0.0753. The average Bonchev–Trinajstić information content (AvgIpc) is 2.24. The first kappa shape index (κ1) is 16.5. The Hall–Kier alpha value is -1.51. The van der Waals surface area contributed by atoms with Gasteiger partial charge in [0.25, 0.3) is 0 Å². The van der Waals surface area contributed by atoms with E-state index in [9.17, 15) is 9.90 Å². The van der Waals surface area contributed by atoms with Crippen LogP contribution in [0.1, 0.15) is 68.6 Å². The lowest BCUT2D eigenvalue weighted by Gasteiger charge is -2.30. The van der Waals surface area contributed by atoms with Crippen LogP contribution in [-0.2, 0) is 15.6 Å². The number of methoxy groups -OCH3 is 1. The summed E-state index contributed by atoms with van der Waals surface area (Å²) in [6.07, 6.45) is 0. The number of hydrogen-bond donors (Lipinski definition) is 1. The Morgan fingerprint density at radius 2 is 1.60 bits per heavy atom. The number of rotatable bonds is 1. The smallest absolute Gasteiger partial charge is 0.338 e. The number of benzene rings is 1. The van der Waals surface area contributed by atoms with Crippen LogP contribution in [-0.4, -0.2) is 18.2 Å². The quantitative estimate of drug-likeness (QED) is 0.787. The number of ether oxygens (including phenoxy) is 1. The molecule has 0 unspecified atom stereocenters. The van der Waals surface area contributed by atoms with Crippen molar-refractivity contribution in [2.75, 3.05) is 7.11 Å². The Balaban J connectivity index is 3.80. The summed E-state index contributed by atoms with van der Waals surface area (Å²) in [5.41, 5.74) is 2.40. The van der Waals surface area contributed by atoms with E-state index in [-0.39, 0.29) is 22.5 Å². The van der Waals surface area contributed by atoms with Crippen LogP contribution in [0.2, 0.25) is 0 Å². The van der Waals surface area contributed by atoms with E-state index in [2.05, 4.69) is 0 Å². The average molecular weight is 278 g/mol. The fourth-order valence-electron chi connectivity index (χ4n) is 2.58. The van der Waals surface area contributed by atoms with Crippen LogP contribution in [0, 0.1) is 6.92 Å². The molecule has 1 aromatic rings. The topological polar surface area (TPSA) is 46.5 Å². The van der Waals surface area contributed by atoms with E-state index >= 15 is 0 Å². The Morgan fingerprint density at radius 1 is 1.10 bits per heavy atom. The lowest BCUT2D eigenvalue weighted by Crippen LogP contribution is -2.21. The van der Waals surface area contributed by atoms with Gasteiger partial charge in [0.05, 0.1) is 12.7 Å². The molecule has 0 bridgehead atoms. The molecule has 0 radical (unpaired) electrons. The van der Waals surface area contributed by atoms with Gasteiger partial charge in [-0.25, -0.2) is 4.79 Å². The first-order valence-corrected chi connectivity index (χ1v) is 6.87. The molecule has 0 atom stereocenters. The SMILES string of the molecule is COC(=O)c1cc(C(C)(C)C)c(O)c(C(C)(C)C)c1C. The summed E-state index contributed by atoms with van der Waals surface area (Å²) in [4.78, 5) is 12.0. The van der Waals surface area contributed by atoms with E-state index in [0.717, 1.165) is 16.7 Å². The largest absolute Gasteiger partial charge is 0.507 e. The van der Waals surface area contributed by atoms with Gasteiger partial charge < -0.3 is 9.84 Å². The van der Waals surface area contributed by atoms with Crippen LogP contribution < -0.4 is 0 Å². The van der Waals surface area contributed by atoms with Crippen molar-refractivity contribution < 1.29 is 14.6 Å². The van der Waals surface area contributed by atoms with Crippen LogP contribution in [0.4, 0.5) is 0 Å². The summed E-state index contributed by atoms with van der Waals surface area (Å²) in [5, 5.41) is 10.7. The van der Waals surface area contributed by atoms with Gasteiger partial charge in [-0.05, 0) is 29.4 Å². The van der Waals surface area contributed by atoms with E-state index in [1.165, 1.54) is 7.11 Å². The molecular weight excluding hydrogens is 252 g/mol. The molecule has 3 heteroatoms. The van der Waals surface area contributed by atoms with E-state index in [0.29, 0.717) is 5.56 Å². The second-order valence-electron chi connectivity index (χ2n) is 7.31. The molecule has 0 saturated carbocycles. The van der Waals surface area contributed by atoms with Crippen molar-refractivity contribution in [3.63, 3.8) is 0 Å². The van der Waals surface area contributed by atoms with Crippen LogP contribution >= 0.6 is 0 Å². The van der Waals surface area contributed by atoms with Crippen LogP contribution in [0.25, 0.3) is 0 Å². The first-order valence-electron chi connectivity index (χ1n) is 6.87. The molecule has 0 fully saturated rings. The van der Waals surface area contributed by atoms with Crippen molar-refractivity contribution in [1.29, 1.82) is 0 Å². The number of phenolic OH excluding ortho intramolecular Hbond substituents is 1. The van der Waals surface area contributed by atoms with Gasteiger partial charge in [0.1, 0.15) is 5.75 Å². The molecule has 1 N–H and O–H groups in total. The summed E-state index contributed by atoms with van der Waals surface area (Å²) >= 11 is 0. The maximum atomic E-state index is 12.0. The molecule has 0 spiro atoms. The third kappa shape index (κ3) is 2.97. The van der Waals surface area contributed by atoms with Gasteiger partial charge >= 0.3 is 5.97 Å². The van der Waals surface area contributed by atoms with Gasteiger partial charge in [-0.2, -0.15) is 0 Å². The van der Waals surface area contributed by atoms with Gasteiger partial charge in [0.15, 0.2) is 0 Å². The summed E-state index contributed by atoms with van der Waals surface area (Å²) < 4.78 is 4.87. The third-order valence-electron chi connectivity index (χ3n) is 3.52. The highest BCUT2D eigenvalue weighted by Gasteiger charge is 2.30. The maximum absolute atomic E-state index is 12.0. The molecule has 0 aliphatic rings. The monoisotopic (exact) mass is 278 g/mol. The number of esters is 1. The highest BCUT2D eigenvalue weighted by Crippen LogP contribution is 2.42. The van der Waals surface area contributed by atoms with Crippen molar-refractivity contribution in [1.82, 2.24) is 0 Å². The number of carbonyl (C=O) groups excluding carboxylic acids is 1.